The molecule has 0 N–H and O–H groups in total. The summed E-state index contributed by atoms with van der Waals surface area (Å²) in [5, 5.41) is 0. The highest BCUT2D eigenvalue weighted by Gasteiger charge is 2.26. The van der Waals surface area contributed by atoms with Gasteiger partial charge in [0, 0.05) is 12.2 Å². The lowest BCUT2D eigenvalue weighted by Gasteiger charge is -2.09. The summed E-state index contributed by atoms with van der Waals surface area (Å²) in [5.41, 5.74) is 3.93. The highest BCUT2D eigenvalue weighted by Crippen LogP contribution is 2.33. The van der Waals surface area contributed by atoms with Crippen molar-refractivity contribution >= 4 is 5.97 Å². The predicted molar refractivity (Wildman–Crippen MR) is 121 cm³/mol. The molecule has 1 aromatic heterocycles. The van der Waals surface area contributed by atoms with E-state index in [0.717, 1.165) is 24.3 Å². The van der Waals surface area contributed by atoms with Crippen LogP contribution in [0.2, 0.25) is 0 Å². The molecule has 1 fully saturated rings. The van der Waals surface area contributed by atoms with Crippen LogP contribution < -0.4 is 4.74 Å². The summed E-state index contributed by atoms with van der Waals surface area (Å²) in [6.07, 6.45) is 16.2. The van der Waals surface area contributed by atoms with Gasteiger partial charge in [0.25, 0.3) is 0 Å². The van der Waals surface area contributed by atoms with Crippen molar-refractivity contribution in [3.63, 3.8) is 0 Å². The van der Waals surface area contributed by atoms with E-state index in [1.165, 1.54) is 62.5 Å². The molecule has 5 nitrogen and oxygen atoms in total. The second-order valence-corrected chi connectivity index (χ2v) is 8.98. The monoisotopic (exact) mass is 422 g/mol. The van der Waals surface area contributed by atoms with E-state index in [2.05, 4.69) is 35.1 Å². The lowest BCUT2D eigenvalue weighted by Crippen LogP contribution is -2.24. The third-order valence-corrected chi connectivity index (χ3v) is 6.49. The van der Waals surface area contributed by atoms with Gasteiger partial charge < -0.3 is 9.47 Å². The number of hydrogen-bond acceptors (Lipinski definition) is 5. The first-order chi connectivity index (χ1) is 15.2. The maximum absolute atomic E-state index is 12.1. The first-order valence-electron chi connectivity index (χ1n) is 12.0. The molecule has 0 spiro atoms. The fourth-order valence-corrected chi connectivity index (χ4v) is 4.73. The number of unbranched alkanes of at least 4 members (excludes halogenated alkanes) is 5. The SMILES string of the molecule is CCCCCCCCC1Cc2ccc(-c3ncc(OC(=O)C4CCCO4)cn3)cc2C1. The zero-order valence-corrected chi connectivity index (χ0v) is 18.6. The zero-order chi connectivity index (χ0) is 21.5. The van der Waals surface area contributed by atoms with Crippen molar-refractivity contribution in [2.45, 2.75) is 83.7 Å². The van der Waals surface area contributed by atoms with Crippen LogP contribution in [0.25, 0.3) is 11.4 Å². The third kappa shape index (κ3) is 5.91. The van der Waals surface area contributed by atoms with E-state index in [-0.39, 0.29) is 5.97 Å². The van der Waals surface area contributed by atoms with Crippen molar-refractivity contribution in [2.75, 3.05) is 6.61 Å². The van der Waals surface area contributed by atoms with Crippen LogP contribution in [0.15, 0.2) is 30.6 Å². The van der Waals surface area contributed by atoms with Gasteiger partial charge in [-0.1, -0.05) is 57.6 Å². The smallest absolute Gasteiger partial charge is 0.340 e. The molecule has 31 heavy (non-hydrogen) atoms. The van der Waals surface area contributed by atoms with Crippen molar-refractivity contribution in [1.29, 1.82) is 0 Å². The number of rotatable bonds is 10. The Bertz CT molecular complexity index is 859. The summed E-state index contributed by atoms with van der Waals surface area (Å²) in [6, 6.07) is 6.59. The minimum absolute atomic E-state index is 0.359. The number of carbonyl (C=O) groups is 1. The van der Waals surface area contributed by atoms with Gasteiger partial charge in [-0.3, -0.25) is 0 Å². The third-order valence-electron chi connectivity index (χ3n) is 6.49. The lowest BCUT2D eigenvalue weighted by atomic mass is 9.97. The van der Waals surface area contributed by atoms with Crippen molar-refractivity contribution in [3.8, 4) is 17.1 Å². The molecule has 5 heteroatoms. The predicted octanol–water partition coefficient (Wildman–Crippen LogP) is 5.69. The Morgan fingerprint density at radius 3 is 2.61 bits per heavy atom. The van der Waals surface area contributed by atoms with Crippen molar-refractivity contribution in [3.05, 3.63) is 41.7 Å². The van der Waals surface area contributed by atoms with Crippen LogP contribution in [0.1, 0.15) is 75.8 Å². The molecule has 2 unspecified atom stereocenters. The first kappa shape index (κ1) is 21.9. The molecule has 1 saturated heterocycles. The number of esters is 1. The molecule has 2 atom stereocenters. The molecule has 166 valence electrons. The molecule has 0 bridgehead atoms. The van der Waals surface area contributed by atoms with Crippen LogP contribution in [0.4, 0.5) is 0 Å². The van der Waals surface area contributed by atoms with Gasteiger partial charge in [-0.2, -0.15) is 0 Å². The highest BCUT2D eigenvalue weighted by atomic mass is 16.6. The molecule has 0 saturated carbocycles. The average molecular weight is 423 g/mol. The second-order valence-electron chi connectivity index (χ2n) is 8.98. The van der Waals surface area contributed by atoms with E-state index in [1.54, 1.807) is 12.4 Å². The highest BCUT2D eigenvalue weighted by molar-refractivity contribution is 5.77. The van der Waals surface area contributed by atoms with Crippen molar-refractivity contribution < 1.29 is 14.3 Å². The van der Waals surface area contributed by atoms with Gasteiger partial charge in [-0.15, -0.1) is 0 Å². The summed E-state index contributed by atoms with van der Waals surface area (Å²) in [6.45, 7) is 2.89. The maximum Gasteiger partial charge on any atom is 0.340 e. The molecule has 1 aromatic carbocycles. The minimum atomic E-state index is -0.458. The Morgan fingerprint density at radius 1 is 1.06 bits per heavy atom. The van der Waals surface area contributed by atoms with Crippen molar-refractivity contribution in [1.82, 2.24) is 9.97 Å². The molecular weight excluding hydrogens is 388 g/mol. The Hall–Kier alpha value is -2.27. The molecule has 4 rings (SSSR count). The number of ether oxygens (including phenoxy) is 2. The Morgan fingerprint density at radius 2 is 1.84 bits per heavy atom. The van der Waals surface area contributed by atoms with Gasteiger partial charge in [0.15, 0.2) is 17.7 Å². The second kappa shape index (κ2) is 10.9. The van der Waals surface area contributed by atoms with Gasteiger partial charge >= 0.3 is 5.97 Å². The van der Waals surface area contributed by atoms with E-state index in [4.69, 9.17) is 9.47 Å². The molecule has 2 aromatic rings. The van der Waals surface area contributed by atoms with Crippen LogP contribution in [-0.2, 0) is 22.4 Å². The number of carbonyl (C=O) groups excluding carboxylic acids is 1. The topological polar surface area (TPSA) is 61.3 Å². The van der Waals surface area contributed by atoms with Crippen molar-refractivity contribution in [2.24, 2.45) is 5.92 Å². The fourth-order valence-electron chi connectivity index (χ4n) is 4.73. The average Bonchev–Trinajstić information content (AvgIpc) is 3.46. The largest absolute Gasteiger partial charge is 0.421 e. The standard InChI is InChI=1S/C26H34N2O3/c1-2-3-4-5-6-7-9-19-14-20-11-12-21(16-22(20)15-19)25-27-17-23(18-28-25)31-26(29)24-10-8-13-30-24/h11-12,16-19,24H,2-10,13-15H2,1H3. The summed E-state index contributed by atoms with van der Waals surface area (Å²) in [4.78, 5) is 20.9. The summed E-state index contributed by atoms with van der Waals surface area (Å²) >= 11 is 0. The summed E-state index contributed by atoms with van der Waals surface area (Å²) in [7, 11) is 0. The van der Waals surface area contributed by atoms with Crippen LogP contribution in [0, 0.1) is 5.92 Å². The van der Waals surface area contributed by atoms with E-state index < -0.39 is 6.10 Å². The van der Waals surface area contributed by atoms with E-state index >= 15 is 0 Å². The molecule has 0 radical (unpaired) electrons. The van der Waals surface area contributed by atoms with E-state index in [0.29, 0.717) is 24.6 Å². The molecule has 2 heterocycles. The Balaban J connectivity index is 1.29. The lowest BCUT2D eigenvalue weighted by molar-refractivity contribution is -0.144. The van der Waals surface area contributed by atoms with Crippen LogP contribution >= 0.6 is 0 Å². The van der Waals surface area contributed by atoms with Crippen LogP contribution in [0.3, 0.4) is 0 Å². The summed E-state index contributed by atoms with van der Waals surface area (Å²) < 4.78 is 10.7. The fraction of sp³-hybridized carbons (Fsp3) is 0.577. The summed E-state index contributed by atoms with van der Waals surface area (Å²) in [5.74, 6) is 1.45. The molecule has 2 aliphatic rings. The Labute approximate surface area is 185 Å². The maximum atomic E-state index is 12.1. The number of benzene rings is 1. The molecule has 1 aliphatic carbocycles. The van der Waals surface area contributed by atoms with Crippen LogP contribution in [-0.4, -0.2) is 28.6 Å². The Kier molecular flexibility index (Phi) is 7.68. The molecule has 1 aliphatic heterocycles. The number of aromatic nitrogens is 2. The zero-order valence-electron chi connectivity index (χ0n) is 18.6. The van der Waals surface area contributed by atoms with E-state index in [9.17, 15) is 4.79 Å². The van der Waals surface area contributed by atoms with Gasteiger partial charge in [-0.05, 0) is 55.2 Å². The van der Waals surface area contributed by atoms with Gasteiger partial charge in [0.1, 0.15) is 0 Å². The van der Waals surface area contributed by atoms with Crippen LogP contribution in [0.5, 0.6) is 5.75 Å². The molecular formula is C26H34N2O3. The first-order valence-corrected chi connectivity index (χ1v) is 12.0. The van der Waals surface area contributed by atoms with Gasteiger partial charge in [0.05, 0.1) is 12.4 Å². The van der Waals surface area contributed by atoms with Gasteiger partial charge in [-0.25, -0.2) is 14.8 Å². The normalized spacial score (nSPS) is 20.0. The van der Waals surface area contributed by atoms with E-state index in [1.807, 2.05) is 0 Å². The number of nitrogens with zero attached hydrogens (tertiary/aromatic N) is 2. The van der Waals surface area contributed by atoms with Gasteiger partial charge in [0.2, 0.25) is 0 Å². The minimum Gasteiger partial charge on any atom is -0.421 e. The molecule has 0 amide bonds. The number of hydrogen-bond donors (Lipinski definition) is 0. The quantitative estimate of drug-likeness (QED) is 0.363. The number of fused-ring (bicyclic) bond motifs is 1.